The number of anilines is 1. The van der Waals surface area contributed by atoms with Crippen molar-refractivity contribution < 1.29 is 9.21 Å². The van der Waals surface area contributed by atoms with E-state index in [1.165, 1.54) is 5.69 Å². The van der Waals surface area contributed by atoms with Crippen molar-refractivity contribution >= 4 is 11.7 Å². The fourth-order valence-corrected chi connectivity index (χ4v) is 3.18. The third-order valence-corrected chi connectivity index (χ3v) is 4.51. The summed E-state index contributed by atoms with van der Waals surface area (Å²) in [4.78, 5) is 14.3. The van der Waals surface area contributed by atoms with Crippen LogP contribution in [0.25, 0.3) is 0 Å². The van der Waals surface area contributed by atoms with Crippen LogP contribution in [-0.2, 0) is 6.42 Å². The fourth-order valence-electron chi connectivity index (χ4n) is 3.18. The highest BCUT2D eigenvalue weighted by molar-refractivity contribution is 5.74. The Morgan fingerprint density at radius 2 is 2.12 bits per heavy atom. The van der Waals surface area contributed by atoms with Gasteiger partial charge in [-0.05, 0) is 37.5 Å². The highest BCUT2D eigenvalue weighted by Crippen LogP contribution is 2.30. The molecule has 0 aliphatic heterocycles. The number of hydrogen-bond acceptors (Lipinski definition) is 3. The van der Waals surface area contributed by atoms with Crippen molar-refractivity contribution in [2.45, 2.75) is 31.7 Å². The first-order valence-corrected chi connectivity index (χ1v) is 8.61. The van der Waals surface area contributed by atoms with Crippen LogP contribution in [0.3, 0.4) is 0 Å². The second kappa shape index (κ2) is 7.90. The van der Waals surface area contributed by atoms with Gasteiger partial charge in [0.15, 0.2) is 0 Å². The number of nitrogens with one attached hydrogen (secondary N) is 2. The third kappa shape index (κ3) is 4.10. The molecule has 5 heteroatoms. The van der Waals surface area contributed by atoms with Gasteiger partial charge in [-0.1, -0.05) is 18.2 Å². The molecule has 0 spiro atoms. The van der Waals surface area contributed by atoms with Crippen LogP contribution in [0.2, 0.25) is 0 Å². The molecule has 3 rings (SSSR count). The quantitative estimate of drug-likeness (QED) is 0.799. The van der Waals surface area contributed by atoms with Gasteiger partial charge in [-0.2, -0.15) is 0 Å². The standard InChI is InChI=1S/C19H25N3O2/c1-22(15-7-3-2-4-8-15)13-6-12-20-19(23)21-17-9-5-10-18-16(17)11-14-24-18/h2-4,7-8,11,14,17H,5-6,9-10,12-13H2,1H3,(H2,20,21,23). The summed E-state index contributed by atoms with van der Waals surface area (Å²) in [6.07, 6.45) is 5.60. The minimum absolute atomic E-state index is 0.0690. The molecule has 2 amide bonds. The number of amides is 2. The largest absolute Gasteiger partial charge is 0.469 e. The Hall–Kier alpha value is -2.43. The molecule has 1 atom stereocenters. The SMILES string of the molecule is CN(CCCNC(=O)NC1CCCc2occc21)c1ccccc1. The van der Waals surface area contributed by atoms with E-state index in [1.807, 2.05) is 24.3 Å². The molecule has 1 aromatic carbocycles. The summed E-state index contributed by atoms with van der Waals surface area (Å²) in [5.74, 6) is 1.01. The lowest BCUT2D eigenvalue weighted by molar-refractivity contribution is 0.235. The van der Waals surface area contributed by atoms with Crippen LogP contribution in [0, 0.1) is 0 Å². The predicted molar refractivity (Wildman–Crippen MR) is 95.3 cm³/mol. The Kier molecular flexibility index (Phi) is 5.41. The van der Waals surface area contributed by atoms with E-state index in [9.17, 15) is 4.79 Å². The molecule has 1 aliphatic rings. The normalized spacial score (nSPS) is 16.3. The van der Waals surface area contributed by atoms with E-state index in [0.29, 0.717) is 6.54 Å². The highest BCUT2D eigenvalue weighted by Gasteiger charge is 2.23. The molecule has 0 saturated heterocycles. The van der Waals surface area contributed by atoms with E-state index >= 15 is 0 Å². The van der Waals surface area contributed by atoms with Crippen molar-refractivity contribution in [1.29, 1.82) is 0 Å². The molecule has 0 saturated carbocycles. The van der Waals surface area contributed by atoms with E-state index in [0.717, 1.165) is 43.6 Å². The molecule has 1 aromatic heterocycles. The molecule has 5 nitrogen and oxygen atoms in total. The minimum Gasteiger partial charge on any atom is -0.469 e. The van der Waals surface area contributed by atoms with Crippen molar-refractivity contribution in [2.24, 2.45) is 0 Å². The maximum absolute atomic E-state index is 12.1. The number of fused-ring (bicyclic) bond motifs is 1. The first-order valence-electron chi connectivity index (χ1n) is 8.61. The lowest BCUT2D eigenvalue weighted by Crippen LogP contribution is -2.39. The summed E-state index contributed by atoms with van der Waals surface area (Å²) in [6.45, 7) is 1.56. The van der Waals surface area contributed by atoms with Gasteiger partial charge in [-0.25, -0.2) is 4.79 Å². The molecular weight excluding hydrogens is 302 g/mol. The Morgan fingerprint density at radius 1 is 1.29 bits per heavy atom. The molecule has 2 N–H and O–H groups in total. The molecule has 1 unspecified atom stereocenters. The Labute approximate surface area is 143 Å². The number of carbonyl (C=O) groups is 1. The second-order valence-corrected chi connectivity index (χ2v) is 6.25. The van der Waals surface area contributed by atoms with Gasteiger partial charge in [0.25, 0.3) is 0 Å². The topological polar surface area (TPSA) is 57.5 Å². The number of nitrogens with zero attached hydrogens (tertiary/aromatic N) is 1. The van der Waals surface area contributed by atoms with Crippen LogP contribution in [0.4, 0.5) is 10.5 Å². The van der Waals surface area contributed by atoms with Gasteiger partial charge in [-0.15, -0.1) is 0 Å². The summed E-state index contributed by atoms with van der Waals surface area (Å²) in [5, 5.41) is 6.01. The van der Waals surface area contributed by atoms with Gasteiger partial charge in [-0.3, -0.25) is 0 Å². The van der Waals surface area contributed by atoms with E-state index in [1.54, 1.807) is 6.26 Å². The molecule has 128 valence electrons. The molecule has 2 aromatic rings. The van der Waals surface area contributed by atoms with Crippen LogP contribution < -0.4 is 15.5 Å². The molecule has 0 fully saturated rings. The zero-order valence-corrected chi connectivity index (χ0v) is 14.1. The Bertz CT molecular complexity index is 654. The molecule has 1 aliphatic carbocycles. The first kappa shape index (κ1) is 16.4. The smallest absolute Gasteiger partial charge is 0.315 e. The number of furan rings is 1. The first-order chi connectivity index (χ1) is 11.7. The number of urea groups is 1. The number of carbonyl (C=O) groups excluding carboxylic acids is 1. The fraction of sp³-hybridized carbons (Fsp3) is 0.421. The molecule has 1 heterocycles. The van der Waals surface area contributed by atoms with Gasteiger partial charge in [0.2, 0.25) is 0 Å². The molecule has 24 heavy (non-hydrogen) atoms. The van der Waals surface area contributed by atoms with E-state index in [4.69, 9.17) is 4.42 Å². The van der Waals surface area contributed by atoms with Crippen LogP contribution >= 0.6 is 0 Å². The van der Waals surface area contributed by atoms with E-state index in [2.05, 4.69) is 34.7 Å². The zero-order valence-electron chi connectivity index (χ0n) is 14.1. The van der Waals surface area contributed by atoms with E-state index in [-0.39, 0.29) is 12.1 Å². The van der Waals surface area contributed by atoms with Crippen LogP contribution in [0.15, 0.2) is 47.1 Å². The number of aryl methyl sites for hydroxylation is 1. The van der Waals surface area contributed by atoms with Crippen LogP contribution in [0.5, 0.6) is 0 Å². The van der Waals surface area contributed by atoms with Crippen LogP contribution in [-0.4, -0.2) is 26.2 Å². The summed E-state index contributed by atoms with van der Waals surface area (Å²) in [7, 11) is 2.07. The summed E-state index contributed by atoms with van der Waals surface area (Å²) < 4.78 is 5.46. The zero-order chi connectivity index (χ0) is 16.8. The lowest BCUT2D eigenvalue weighted by Gasteiger charge is -2.23. The maximum Gasteiger partial charge on any atom is 0.315 e. The Balaban J connectivity index is 1.38. The van der Waals surface area contributed by atoms with E-state index < -0.39 is 0 Å². The summed E-state index contributed by atoms with van der Waals surface area (Å²) in [6, 6.07) is 12.2. The highest BCUT2D eigenvalue weighted by atomic mass is 16.3. The molecule has 0 radical (unpaired) electrons. The van der Waals surface area contributed by atoms with Gasteiger partial charge in [0.1, 0.15) is 5.76 Å². The average molecular weight is 327 g/mol. The van der Waals surface area contributed by atoms with Crippen molar-refractivity contribution in [3.63, 3.8) is 0 Å². The second-order valence-electron chi connectivity index (χ2n) is 6.25. The number of hydrogen-bond donors (Lipinski definition) is 2. The molecular formula is C19H25N3O2. The van der Waals surface area contributed by atoms with Gasteiger partial charge in [0.05, 0.1) is 12.3 Å². The van der Waals surface area contributed by atoms with Crippen LogP contribution in [0.1, 0.15) is 36.6 Å². The Morgan fingerprint density at radius 3 is 2.96 bits per heavy atom. The third-order valence-electron chi connectivity index (χ3n) is 4.51. The lowest BCUT2D eigenvalue weighted by atomic mass is 9.93. The molecule has 0 bridgehead atoms. The monoisotopic (exact) mass is 327 g/mol. The van der Waals surface area contributed by atoms with Crippen molar-refractivity contribution in [1.82, 2.24) is 10.6 Å². The van der Waals surface area contributed by atoms with Gasteiger partial charge in [0, 0.05) is 37.8 Å². The van der Waals surface area contributed by atoms with Gasteiger partial charge >= 0.3 is 6.03 Å². The number of rotatable bonds is 6. The minimum atomic E-state index is -0.101. The van der Waals surface area contributed by atoms with Gasteiger partial charge < -0.3 is 20.0 Å². The maximum atomic E-state index is 12.1. The number of para-hydroxylation sites is 1. The van der Waals surface area contributed by atoms with Crippen molar-refractivity contribution in [2.75, 3.05) is 25.0 Å². The predicted octanol–water partition coefficient (Wildman–Crippen LogP) is 3.48. The van der Waals surface area contributed by atoms with Crippen molar-refractivity contribution in [3.05, 3.63) is 54.0 Å². The van der Waals surface area contributed by atoms with Crippen molar-refractivity contribution in [3.8, 4) is 0 Å². The summed E-state index contributed by atoms with van der Waals surface area (Å²) >= 11 is 0. The number of benzene rings is 1. The average Bonchev–Trinajstić information content (AvgIpc) is 3.09. The summed E-state index contributed by atoms with van der Waals surface area (Å²) in [5.41, 5.74) is 2.32.